The van der Waals surface area contributed by atoms with Crippen LogP contribution in [0.5, 0.6) is 0 Å². The summed E-state index contributed by atoms with van der Waals surface area (Å²) in [4.78, 5) is 20.0. The minimum absolute atomic E-state index is 0.0957. The van der Waals surface area contributed by atoms with E-state index in [1.165, 1.54) is 37.0 Å². The lowest BCUT2D eigenvalue weighted by Crippen LogP contribution is -2.57. The number of aromatic nitrogens is 3. The molecular weight excluding hydrogens is 580 g/mol. The van der Waals surface area contributed by atoms with Crippen molar-refractivity contribution in [3.05, 3.63) is 35.5 Å². The summed E-state index contributed by atoms with van der Waals surface area (Å²) < 4.78 is 47.2. The number of nitrogens with zero attached hydrogens (tertiary/aromatic N) is 5. The number of benzene rings is 1. The summed E-state index contributed by atoms with van der Waals surface area (Å²) >= 11 is 0. The monoisotopic (exact) mass is 621 g/mol. The van der Waals surface area contributed by atoms with Gasteiger partial charge in [-0.05, 0) is 52.7 Å². The zero-order chi connectivity index (χ0) is 31.8. The Hall–Kier alpha value is -3.20. The van der Waals surface area contributed by atoms with Gasteiger partial charge in [0.25, 0.3) is 0 Å². The second-order valence-corrected chi connectivity index (χ2v) is 12.7. The fourth-order valence-corrected chi connectivity index (χ4v) is 6.10. The van der Waals surface area contributed by atoms with Crippen LogP contribution in [0.2, 0.25) is 0 Å². The van der Waals surface area contributed by atoms with E-state index in [-0.39, 0.29) is 34.9 Å². The minimum Gasteiger partial charge on any atom is -0.444 e. The highest BCUT2D eigenvalue weighted by Gasteiger charge is 2.48. The molecule has 1 amide bonds. The van der Waals surface area contributed by atoms with E-state index in [2.05, 4.69) is 15.5 Å². The molecule has 1 aromatic heterocycles. The van der Waals surface area contributed by atoms with Gasteiger partial charge in [0.15, 0.2) is 0 Å². The third-order valence-electron chi connectivity index (χ3n) is 8.50. The zero-order valence-electron chi connectivity index (χ0n) is 25.7. The fraction of sp³-hybridized carbons (Fsp3) is 0.667. The van der Waals surface area contributed by atoms with E-state index in [0.717, 1.165) is 18.6 Å². The number of carbonyl (C=O) groups is 1. The Kier molecular flexibility index (Phi) is 9.54. The van der Waals surface area contributed by atoms with Crippen molar-refractivity contribution < 1.29 is 42.8 Å². The van der Waals surface area contributed by atoms with Crippen LogP contribution < -0.4 is 0 Å². The first-order valence-electron chi connectivity index (χ1n) is 14.9. The van der Waals surface area contributed by atoms with Crippen LogP contribution >= 0.6 is 0 Å². The normalized spacial score (nSPS) is 28.1. The smallest absolute Gasteiger partial charge is 0.410 e. The van der Waals surface area contributed by atoms with Gasteiger partial charge in [-0.15, -0.1) is 5.10 Å². The predicted octanol–water partition coefficient (Wildman–Crippen LogP) is 3.39. The first-order chi connectivity index (χ1) is 20.9. The summed E-state index contributed by atoms with van der Waals surface area (Å²) in [6, 6.07) is 1.53. The largest absolute Gasteiger partial charge is 0.444 e. The lowest BCUT2D eigenvalue weighted by atomic mass is 9.86. The number of oxime groups is 1. The van der Waals surface area contributed by atoms with Gasteiger partial charge in [0.1, 0.15) is 53.4 Å². The second kappa shape index (κ2) is 13.0. The number of hydrogen-bond donors (Lipinski definition) is 2. The molecule has 2 aromatic rings. The molecule has 14 heteroatoms. The van der Waals surface area contributed by atoms with Crippen LogP contribution in [-0.2, 0) is 19.0 Å². The lowest BCUT2D eigenvalue weighted by Gasteiger charge is -2.44. The standard InChI is InChI=1S/C30H41F2N5O7/c1-16-20(31)10-18(11-21(16)32)23-14-37(35-33-23)26-27(39)25(15-38)42-24(28(26)41-5)13-19-12-22(34-44-19)17-6-8-36(9-7-17)29(40)43-30(2,3)4/h10-11,14,17,19,24-28,38-39H,6-9,12-13,15H2,1-5H3/t19?,24-,25-,26+,27+,28+/m1/s1. The Morgan fingerprint density at radius 1 is 1.16 bits per heavy atom. The number of likely N-dealkylation sites (tertiary alicyclic amines) is 1. The third kappa shape index (κ3) is 6.87. The number of aliphatic hydroxyl groups excluding tert-OH is 2. The second-order valence-electron chi connectivity index (χ2n) is 12.7. The molecule has 2 N–H and O–H groups in total. The van der Waals surface area contributed by atoms with Crippen molar-refractivity contribution in [3.8, 4) is 11.3 Å². The molecule has 0 radical (unpaired) electrons. The molecule has 3 aliphatic heterocycles. The van der Waals surface area contributed by atoms with Gasteiger partial charge in [-0.3, -0.25) is 0 Å². The highest BCUT2D eigenvalue weighted by molar-refractivity contribution is 5.88. The molecule has 2 fully saturated rings. The maximum atomic E-state index is 14.2. The maximum absolute atomic E-state index is 14.2. The fourth-order valence-electron chi connectivity index (χ4n) is 6.10. The quantitative estimate of drug-likeness (QED) is 0.476. The van der Waals surface area contributed by atoms with E-state index >= 15 is 0 Å². The summed E-state index contributed by atoms with van der Waals surface area (Å²) in [5.41, 5.74) is 0.692. The highest BCUT2D eigenvalue weighted by Crippen LogP contribution is 2.36. The van der Waals surface area contributed by atoms with Gasteiger partial charge >= 0.3 is 6.09 Å². The van der Waals surface area contributed by atoms with Crippen LogP contribution in [0.3, 0.4) is 0 Å². The van der Waals surface area contributed by atoms with Crippen molar-refractivity contribution in [1.82, 2.24) is 19.9 Å². The van der Waals surface area contributed by atoms with Crippen LogP contribution in [0, 0.1) is 24.5 Å². The number of piperidine rings is 1. The summed E-state index contributed by atoms with van der Waals surface area (Å²) in [7, 11) is 1.48. The van der Waals surface area contributed by atoms with E-state index in [1.54, 1.807) is 4.90 Å². The summed E-state index contributed by atoms with van der Waals surface area (Å²) in [6.45, 7) is 7.57. The molecule has 0 bridgehead atoms. The molecule has 1 aromatic carbocycles. The molecule has 3 aliphatic rings. The summed E-state index contributed by atoms with van der Waals surface area (Å²) in [6.07, 6.45) is -0.219. The van der Waals surface area contributed by atoms with E-state index in [1.807, 2.05) is 20.8 Å². The van der Waals surface area contributed by atoms with Gasteiger partial charge in [0, 0.05) is 50.1 Å². The van der Waals surface area contributed by atoms with Crippen LogP contribution in [0.4, 0.5) is 13.6 Å². The molecule has 0 aliphatic carbocycles. The van der Waals surface area contributed by atoms with E-state index in [0.29, 0.717) is 25.9 Å². The Labute approximate surface area is 254 Å². The Bertz CT molecular complexity index is 1330. The summed E-state index contributed by atoms with van der Waals surface area (Å²) in [5, 5.41) is 33.8. The Balaban J connectivity index is 1.24. The number of amides is 1. The number of methoxy groups -OCH3 is 1. The number of rotatable bonds is 7. The van der Waals surface area contributed by atoms with Gasteiger partial charge in [0.2, 0.25) is 0 Å². The highest BCUT2D eigenvalue weighted by atomic mass is 19.1. The maximum Gasteiger partial charge on any atom is 0.410 e. The number of ether oxygens (including phenoxy) is 3. The van der Waals surface area contributed by atoms with E-state index in [9.17, 15) is 23.8 Å². The van der Waals surface area contributed by atoms with Crippen molar-refractivity contribution in [3.63, 3.8) is 0 Å². The first-order valence-corrected chi connectivity index (χ1v) is 14.9. The van der Waals surface area contributed by atoms with Gasteiger partial charge in [-0.1, -0.05) is 10.4 Å². The minimum atomic E-state index is -1.21. The lowest BCUT2D eigenvalue weighted by molar-refractivity contribution is -0.219. The average Bonchev–Trinajstić information content (AvgIpc) is 3.66. The molecule has 242 valence electrons. The van der Waals surface area contributed by atoms with Crippen molar-refractivity contribution in [2.45, 2.75) is 95.5 Å². The molecule has 44 heavy (non-hydrogen) atoms. The van der Waals surface area contributed by atoms with Gasteiger partial charge in [-0.2, -0.15) is 0 Å². The van der Waals surface area contributed by atoms with Gasteiger partial charge < -0.3 is 34.2 Å². The average molecular weight is 622 g/mol. The summed E-state index contributed by atoms with van der Waals surface area (Å²) in [5.74, 6) is -1.24. The third-order valence-corrected chi connectivity index (χ3v) is 8.50. The first kappa shape index (κ1) is 32.2. The van der Waals surface area contributed by atoms with E-state index in [4.69, 9.17) is 19.0 Å². The number of halogens is 2. The topological polar surface area (TPSA) is 141 Å². The molecular formula is C30H41F2N5O7. The van der Waals surface area contributed by atoms with Crippen LogP contribution in [0.25, 0.3) is 11.3 Å². The molecule has 1 unspecified atom stereocenters. The van der Waals surface area contributed by atoms with Gasteiger partial charge in [0.05, 0.1) is 24.6 Å². The van der Waals surface area contributed by atoms with Crippen molar-refractivity contribution in [1.29, 1.82) is 0 Å². The van der Waals surface area contributed by atoms with Crippen molar-refractivity contribution >= 4 is 11.8 Å². The predicted molar refractivity (Wildman–Crippen MR) is 154 cm³/mol. The SMILES string of the molecule is CO[C@@H]1[C@@H](n2cc(-c3cc(F)c(C)c(F)c3)nn2)[C@@H](O)[C@@H](CO)O[C@@H]1CC1CC(C2CCN(C(=O)OC(C)(C)C)CC2)=NO1. The zero-order valence-corrected chi connectivity index (χ0v) is 25.7. The van der Waals surface area contributed by atoms with Crippen LogP contribution in [-0.4, -0.2) is 105 Å². The molecule has 0 saturated carbocycles. The van der Waals surface area contributed by atoms with Crippen molar-refractivity contribution in [2.75, 3.05) is 26.8 Å². The molecule has 6 atom stereocenters. The molecule has 12 nitrogen and oxygen atoms in total. The van der Waals surface area contributed by atoms with Crippen LogP contribution in [0.15, 0.2) is 23.5 Å². The number of carbonyl (C=O) groups excluding carboxylic acids is 1. The Morgan fingerprint density at radius 2 is 1.84 bits per heavy atom. The van der Waals surface area contributed by atoms with E-state index < -0.39 is 54.3 Å². The molecule has 2 saturated heterocycles. The molecule has 5 rings (SSSR count). The van der Waals surface area contributed by atoms with Crippen LogP contribution in [0.1, 0.15) is 58.1 Å². The number of hydrogen-bond acceptors (Lipinski definition) is 10. The van der Waals surface area contributed by atoms with Crippen molar-refractivity contribution in [2.24, 2.45) is 11.1 Å². The van der Waals surface area contributed by atoms with Gasteiger partial charge in [-0.25, -0.2) is 18.3 Å². The molecule has 4 heterocycles. The number of aliphatic hydroxyl groups is 2. The Morgan fingerprint density at radius 3 is 2.45 bits per heavy atom. The molecule has 0 spiro atoms.